The molecule has 0 saturated heterocycles. The van der Waals surface area contributed by atoms with Gasteiger partial charge in [0.1, 0.15) is 11.4 Å². The van der Waals surface area contributed by atoms with Crippen LogP contribution in [0.2, 0.25) is 0 Å². The van der Waals surface area contributed by atoms with E-state index in [0.29, 0.717) is 0 Å². The zero-order valence-electron chi connectivity index (χ0n) is 16.7. The maximum Gasteiger partial charge on any atom is 0.203 e. The number of allylic oxidation sites excluding steroid dienone is 2. The average Bonchev–Trinajstić information content (AvgIpc) is 2.80. The number of benzene rings is 1. The first-order chi connectivity index (χ1) is 11.2. The molecule has 0 unspecified atom stereocenters. The molecular weight excluding hydrogens is 292 g/mol. The normalized spacial score (nSPS) is 11.4. The van der Waals surface area contributed by atoms with Crippen LogP contribution >= 0.6 is 0 Å². The SMILES string of the molecule is CC=Cc1c[n+](C)n(-c2c(C)c(C)c(C)c(C)c2C)c1C=C(C)C. The molecule has 0 fully saturated rings. The van der Waals surface area contributed by atoms with Gasteiger partial charge in [-0.25, -0.2) is 0 Å². The number of nitrogens with zero attached hydrogens (tertiary/aromatic N) is 2. The highest BCUT2D eigenvalue weighted by Gasteiger charge is 2.23. The number of aryl methyl sites for hydroxylation is 1. The van der Waals surface area contributed by atoms with Gasteiger partial charge in [-0.05, 0) is 89.3 Å². The minimum Gasteiger partial charge on any atom is -0.120 e. The lowest BCUT2D eigenvalue weighted by Gasteiger charge is -2.18. The quantitative estimate of drug-likeness (QED) is 0.678. The summed E-state index contributed by atoms with van der Waals surface area (Å²) in [6.07, 6.45) is 8.77. The highest BCUT2D eigenvalue weighted by atomic mass is 15.4. The van der Waals surface area contributed by atoms with Gasteiger partial charge in [-0.15, -0.1) is 9.36 Å². The van der Waals surface area contributed by atoms with Crippen LogP contribution in [0.1, 0.15) is 59.8 Å². The fourth-order valence-corrected chi connectivity index (χ4v) is 3.42. The van der Waals surface area contributed by atoms with Crippen LogP contribution in [0.3, 0.4) is 0 Å². The number of hydrogen-bond donors (Lipinski definition) is 0. The summed E-state index contributed by atoms with van der Waals surface area (Å²) in [5, 5.41) is 0. The van der Waals surface area contributed by atoms with E-state index in [1.165, 1.54) is 50.3 Å². The molecule has 128 valence electrons. The topological polar surface area (TPSA) is 8.81 Å². The van der Waals surface area contributed by atoms with Crippen molar-refractivity contribution in [1.29, 1.82) is 0 Å². The summed E-state index contributed by atoms with van der Waals surface area (Å²) in [6, 6.07) is 0. The maximum atomic E-state index is 2.35. The van der Waals surface area contributed by atoms with Crippen molar-refractivity contribution in [1.82, 2.24) is 4.68 Å². The van der Waals surface area contributed by atoms with Crippen LogP contribution in [0.15, 0.2) is 17.8 Å². The van der Waals surface area contributed by atoms with Crippen LogP contribution in [-0.4, -0.2) is 4.68 Å². The molecule has 1 aromatic carbocycles. The van der Waals surface area contributed by atoms with Crippen LogP contribution in [0.25, 0.3) is 17.8 Å². The zero-order valence-corrected chi connectivity index (χ0v) is 16.7. The van der Waals surface area contributed by atoms with Crippen molar-refractivity contribution in [3.8, 4) is 5.69 Å². The van der Waals surface area contributed by atoms with Gasteiger partial charge >= 0.3 is 0 Å². The molecule has 0 aliphatic rings. The Bertz CT molecular complexity index is 813. The summed E-state index contributed by atoms with van der Waals surface area (Å²) in [6.45, 7) is 17.6. The average molecular weight is 324 g/mol. The van der Waals surface area contributed by atoms with Crippen LogP contribution in [0, 0.1) is 34.6 Å². The Balaban J connectivity index is 2.96. The number of hydrogen-bond acceptors (Lipinski definition) is 0. The Kier molecular flexibility index (Phi) is 5.17. The molecule has 0 bridgehead atoms. The first-order valence-electron chi connectivity index (χ1n) is 8.67. The van der Waals surface area contributed by atoms with E-state index in [4.69, 9.17) is 0 Å². The molecule has 24 heavy (non-hydrogen) atoms. The highest BCUT2D eigenvalue weighted by Crippen LogP contribution is 2.30. The molecule has 0 radical (unpaired) electrons. The third-order valence-corrected chi connectivity index (χ3v) is 5.11. The molecule has 2 rings (SSSR count). The molecule has 0 N–H and O–H groups in total. The Morgan fingerprint density at radius 3 is 1.88 bits per heavy atom. The van der Waals surface area contributed by atoms with Crippen molar-refractivity contribution in [3.63, 3.8) is 0 Å². The predicted octanol–water partition coefficient (Wildman–Crippen LogP) is 5.30. The lowest BCUT2D eigenvalue weighted by molar-refractivity contribution is -0.744. The van der Waals surface area contributed by atoms with Gasteiger partial charge in [0.25, 0.3) is 0 Å². The van der Waals surface area contributed by atoms with Gasteiger partial charge in [-0.1, -0.05) is 17.7 Å². The predicted molar refractivity (Wildman–Crippen MR) is 105 cm³/mol. The molecule has 0 spiro atoms. The van der Waals surface area contributed by atoms with E-state index in [1.54, 1.807) is 0 Å². The zero-order chi connectivity index (χ0) is 18.2. The second-order valence-electron chi connectivity index (χ2n) is 7.05. The van der Waals surface area contributed by atoms with E-state index in [0.717, 1.165) is 0 Å². The Labute approximate surface area is 147 Å². The molecule has 2 nitrogen and oxygen atoms in total. The first kappa shape index (κ1) is 18.3. The molecule has 1 heterocycles. The molecule has 1 aromatic heterocycles. The first-order valence-corrected chi connectivity index (χ1v) is 8.67. The maximum absolute atomic E-state index is 2.35. The fourth-order valence-electron chi connectivity index (χ4n) is 3.42. The van der Waals surface area contributed by atoms with E-state index in [2.05, 4.69) is 96.2 Å². The van der Waals surface area contributed by atoms with Gasteiger partial charge in [0, 0.05) is 0 Å². The minimum atomic E-state index is 1.24. The van der Waals surface area contributed by atoms with E-state index in [1.807, 2.05) is 0 Å². The molecule has 0 saturated carbocycles. The molecule has 0 amide bonds. The minimum absolute atomic E-state index is 1.24. The van der Waals surface area contributed by atoms with Crippen molar-refractivity contribution < 1.29 is 4.68 Å². The number of aromatic nitrogens is 2. The second kappa shape index (κ2) is 6.80. The smallest absolute Gasteiger partial charge is 0.120 e. The van der Waals surface area contributed by atoms with Crippen molar-refractivity contribution in [3.05, 3.63) is 56.9 Å². The molecule has 2 heteroatoms. The van der Waals surface area contributed by atoms with E-state index >= 15 is 0 Å². The molecule has 0 aliphatic carbocycles. The van der Waals surface area contributed by atoms with Gasteiger partial charge in [0.05, 0.1) is 5.56 Å². The summed E-state index contributed by atoms with van der Waals surface area (Å²) >= 11 is 0. The highest BCUT2D eigenvalue weighted by molar-refractivity contribution is 5.66. The van der Waals surface area contributed by atoms with Crippen molar-refractivity contribution in [2.45, 2.75) is 55.4 Å². The van der Waals surface area contributed by atoms with E-state index < -0.39 is 0 Å². The third-order valence-electron chi connectivity index (χ3n) is 5.11. The molecular formula is C22H31N2+. The fraction of sp³-hybridized carbons (Fsp3) is 0.409. The lowest BCUT2D eigenvalue weighted by atomic mass is 9.93. The summed E-state index contributed by atoms with van der Waals surface area (Å²) in [5.41, 5.74) is 12.0. The lowest BCUT2D eigenvalue weighted by Crippen LogP contribution is -2.38. The van der Waals surface area contributed by atoms with Crippen LogP contribution in [0.5, 0.6) is 0 Å². The van der Waals surface area contributed by atoms with E-state index in [9.17, 15) is 0 Å². The van der Waals surface area contributed by atoms with Gasteiger partial charge in [-0.3, -0.25) is 0 Å². The summed E-state index contributed by atoms with van der Waals surface area (Å²) in [5.74, 6) is 0. The Morgan fingerprint density at radius 2 is 1.42 bits per heavy atom. The number of rotatable bonds is 3. The van der Waals surface area contributed by atoms with Gasteiger partial charge in [-0.2, -0.15) is 0 Å². The second-order valence-corrected chi connectivity index (χ2v) is 7.05. The van der Waals surface area contributed by atoms with Crippen molar-refractivity contribution in [2.75, 3.05) is 0 Å². The summed E-state index contributed by atoms with van der Waals surface area (Å²) in [4.78, 5) is 0. The molecule has 0 aliphatic heterocycles. The monoisotopic (exact) mass is 323 g/mol. The summed E-state index contributed by atoms with van der Waals surface area (Å²) < 4.78 is 4.56. The van der Waals surface area contributed by atoms with Crippen LogP contribution in [0.4, 0.5) is 0 Å². The summed E-state index contributed by atoms with van der Waals surface area (Å²) in [7, 11) is 2.12. The van der Waals surface area contributed by atoms with Crippen LogP contribution in [-0.2, 0) is 7.05 Å². The standard InChI is InChI=1S/C22H31N2/c1-10-11-20-13-23(9)24(21(20)12-14(2)3)22-18(7)16(5)15(4)17(6)19(22)8/h10-13H,1-9H3/q+1. The Hall–Kier alpha value is -2.09. The van der Waals surface area contributed by atoms with Gasteiger partial charge < -0.3 is 0 Å². The van der Waals surface area contributed by atoms with Crippen molar-refractivity contribution in [2.24, 2.45) is 7.05 Å². The van der Waals surface area contributed by atoms with E-state index in [-0.39, 0.29) is 0 Å². The van der Waals surface area contributed by atoms with Crippen LogP contribution < -0.4 is 4.68 Å². The van der Waals surface area contributed by atoms with Gasteiger partial charge in [0.15, 0.2) is 7.05 Å². The van der Waals surface area contributed by atoms with Gasteiger partial charge in [0.2, 0.25) is 6.20 Å². The third kappa shape index (κ3) is 2.98. The Morgan fingerprint density at radius 1 is 0.917 bits per heavy atom. The van der Waals surface area contributed by atoms with Crippen molar-refractivity contribution >= 4 is 12.2 Å². The largest absolute Gasteiger partial charge is 0.203 e. The molecule has 2 aromatic rings. The molecule has 0 atom stereocenters.